The third-order valence-corrected chi connectivity index (χ3v) is 2.11. The van der Waals surface area contributed by atoms with Crippen LogP contribution in [0.25, 0.3) is 0 Å². The molecule has 0 bridgehead atoms. The maximum absolute atomic E-state index is 11.6. The van der Waals surface area contributed by atoms with Crippen LogP contribution >= 0.6 is 0 Å². The minimum absolute atomic E-state index is 0.154. The van der Waals surface area contributed by atoms with Crippen molar-refractivity contribution in [3.8, 4) is 0 Å². The molecule has 0 rings (SSSR count). The van der Waals surface area contributed by atoms with Crippen LogP contribution in [-0.4, -0.2) is 52.6 Å². The molecule has 0 aromatic heterocycles. The molecule has 0 unspecified atom stereocenters. The predicted molar refractivity (Wildman–Crippen MR) is 63.1 cm³/mol. The van der Waals surface area contributed by atoms with Gasteiger partial charge in [0, 0.05) is 6.42 Å². The number of hydrogen-bond acceptors (Lipinski definition) is 5. The minimum Gasteiger partial charge on any atom is -0.481 e. The average Bonchev–Trinajstić information content (AvgIpc) is 2.30. The summed E-state index contributed by atoms with van der Waals surface area (Å²) in [5, 5.41) is 21.3. The quantitative estimate of drug-likeness (QED) is 0.251. The summed E-state index contributed by atoms with van der Waals surface area (Å²) in [5.74, 6) is -3.77. The van der Waals surface area contributed by atoms with Gasteiger partial charge in [-0.25, -0.2) is 0 Å². The van der Waals surface area contributed by atoms with E-state index < -0.39 is 42.4 Å². The van der Waals surface area contributed by atoms with E-state index in [0.717, 1.165) is 0 Å². The number of carboxylic acid groups (broad SMARTS) is 2. The number of rotatable bonds is 8. The Morgan fingerprint density at radius 2 is 1.68 bits per heavy atom. The van der Waals surface area contributed by atoms with Gasteiger partial charge in [0.2, 0.25) is 11.8 Å². The first-order valence-corrected chi connectivity index (χ1v) is 5.51. The van der Waals surface area contributed by atoms with Crippen LogP contribution in [0.1, 0.15) is 19.8 Å². The van der Waals surface area contributed by atoms with E-state index in [4.69, 9.17) is 15.9 Å². The number of nitrogens with one attached hydrogen (secondary N) is 2. The molecule has 0 saturated heterocycles. The van der Waals surface area contributed by atoms with Gasteiger partial charge in [0.05, 0.1) is 6.04 Å². The number of aliphatic carboxylic acids is 2. The maximum atomic E-state index is 11.6. The summed E-state index contributed by atoms with van der Waals surface area (Å²) < 4.78 is 0. The van der Waals surface area contributed by atoms with Crippen molar-refractivity contribution in [2.75, 3.05) is 6.54 Å². The molecular formula is C10H17N3O6. The van der Waals surface area contributed by atoms with Crippen molar-refractivity contribution in [2.45, 2.75) is 31.8 Å². The van der Waals surface area contributed by atoms with E-state index in [9.17, 15) is 19.2 Å². The molecule has 2 amide bonds. The lowest BCUT2D eigenvalue weighted by molar-refractivity contribution is -0.140. The van der Waals surface area contributed by atoms with Gasteiger partial charge in [-0.15, -0.1) is 0 Å². The number of hydrogen-bond donors (Lipinski definition) is 5. The van der Waals surface area contributed by atoms with E-state index in [-0.39, 0.29) is 12.8 Å². The summed E-state index contributed by atoms with van der Waals surface area (Å²) in [6, 6.07) is -1.99. The SMILES string of the molecule is C[C@@H](N)C(=O)N[C@H](CCC(=O)O)C(=O)[15NH][13CH2][13C](=O)O. The molecule has 19 heavy (non-hydrogen) atoms. The topological polar surface area (TPSA) is 159 Å². The smallest absolute Gasteiger partial charge is 0.322 e. The Morgan fingerprint density at radius 1 is 1.11 bits per heavy atom. The summed E-state index contributed by atoms with van der Waals surface area (Å²) in [6.45, 7) is 0.787. The van der Waals surface area contributed by atoms with E-state index in [1.54, 1.807) is 0 Å². The van der Waals surface area contributed by atoms with Crippen molar-refractivity contribution in [1.82, 2.24) is 10.6 Å². The molecule has 6 N–H and O–H groups in total. The lowest BCUT2D eigenvalue weighted by atomic mass is 10.1. The standard InChI is InChI=1S/C10H17N3O6/c1-5(11)9(18)13-6(2-3-7(14)15)10(19)12-4-8(16)17/h5-6H,2-4,11H2,1H3,(H,12,19)(H,13,18)(H,14,15)(H,16,17)/t5-,6-/m1/s1/i4+1,8+1,12+1. The third-order valence-electron chi connectivity index (χ3n) is 2.11. The molecule has 0 aliphatic rings. The molecule has 0 radical (unpaired) electrons. The third kappa shape index (κ3) is 7.71. The molecular weight excluding hydrogens is 261 g/mol. The van der Waals surface area contributed by atoms with Crippen LogP contribution in [0, 0.1) is 0 Å². The normalized spacial score (nSPS) is 13.2. The molecule has 0 spiro atoms. The van der Waals surface area contributed by atoms with Crippen molar-refractivity contribution >= 4 is 23.8 Å². The van der Waals surface area contributed by atoms with E-state index in [1.165, 1.54) is 6.92 Å². The first kappa shape index (κ1) is 16.8. The lowest BCUT2D eigenvalue weighted by Crippen LogP contribution is -2.51. The highest BCUT2D eigenvalue weighted by Crippen LogP contribution is 1.99. The van der Waals surface area contributed by atoms with Gasteiger partial charge in [0.15, 0.2) is 0 Å². The molecule has 0 fully saturated rings. The molecule has 0 aromatic rings. The lowest BCUT2D eigenvalue weighted by Gasteiger charge is -2.18. The molecule has 0 saturated carbocycles. The molecule has 9 nitrogen and oxygen atoms in total. The first-order valence-electron chi connectivity index (χ1n) is 5.51. The van der Waals surface area contributed by atoms with E-state index in [0.29, 0.717) is 0 Å². The summed E-state index contributed by atoms with van der Waals surface area (Å²) in [4.78, 5) is 43.7. The Labute approximate surface area is 109 Å². The van der Waals surface area contributed by atoms with Crippen LogP contribution in [0.4, 0.5) is 0 Å². The number of carboxylic acids is 2. The van der Waals surface area contributed by atoms with Crippen molar-refractivity contribution in [1.29, 1.82) is 0 Å². The Morgan fingerprint density at radius 3 is 2.11 bits per heavy atom. The number of carbonyl (C=O) groups is 4. The zero-order valence-corrected chi connectivity index (χ0v) is 10.4. The van der Waals surface area contributed by atoms with Crippen LogP contribution in [0.3, 0.4) is 0 Å². The number of carbonyl (C=O) groups excluding carboxylic acids is 2. The second-order valence-electron chi connectivity index (χ2n) is 3.89. The fraction of sp³-hybridized carbons (Fsp3) is 0.600. The largest absolute Gasteiger partial charge is 0.481 e. The van der Waals surface area contributed by atoms with Crippen molar-refractivity contribution in [3.05, 3.63) is 0 Å². The highest BCUT2D eigenvalue weighted by Gasteiger charge is 2.23. The predicted octanol–water partition coefficient (Wildman–Crippen LogP) is -2.12. The van der Waals surface area contributed by atoms with Crippen LogP contribution in [0.15, 0.2) is 0 Å². The summed E-state index contributed by atoms with van der Waals surface area (Å²) in [7, 11) is 0. The zero-order chi connectivity index (χ0) is 15.0. The Balaban J connectivity index is 4.55. The van der Waals surface area contributed by atoms with Crippen LogP contribution in [0.2, 0.25) is 0 Å². The zero-order valence-electron chi connectivity index (χ0n) is 10.4. The molecule has 0 heterocycles. The highest BCUT2D eigenvalue weighted by atomic mass is 16.5. The van der Waals surface area contributed by atoms with Gasteiger partial charge in [-0.1, -0.05) is 0 Å². The number of nitrogens with two attached hydrogens (primary N) is 1. The molecule has 0 aromatic carbocycles. The monoisotopic (exact) mass is 278 g/mol. The molecule has 0 aliphatic carbocycles. The highest BCUT2D eigenvalue weighted by molar-refractivity contribution is 5.91. The molecule has 0 aliphatic heterocycles. The van der Waals surface area contributed by atoms with Gasteiger partial charge in [-0.3, -0.25) is 19.2 Å². The molecule has 9 heteroatoms. The fourth-order valence-electron chi connectivity index (χ4n) is 1.13. The summed E-state index contributed by atoms with van der Waals surface area (Å²) >= 11 is 0. The van der Waals surface area contributed by atoms with E-state index in [1.807, 2.05) is 0 Å². The number of amides is 2. The first-order chi connectivity index (χ1) is 8.73. The van der Waals surface area contributed by atoms with Gasteiger partial charge in [-0.05, 0) is 13.3 Å². The van der Waals surface area contributed by atoms with Gasteiger partial charge >= 0.3 is 11.9 Å². The maximum Gasteiger partial charge on any atom is 0.322 e. The van der Waals surface area contributed by atoms with Crippen molar-refractivity contribution in [2.24, 2.45) is 5.73 Å². The Hall–Kier alpha value is -2.16. The summed E-state index contributed by atoms with van der Waals surface area (Å²) in [6.07, 6.45) is -0.496. The van der Waals surface area contributed by atoms with E-state index >= 15 is 0 Å². The van der Waals surface area contributed by atoms with Crippen molar-refractivity contribution < 1.29 is 29.4 Å². The Bertz CT molecular complexity index is 368. The van der Waals surface area contributed by atoms with Gasteiger partial charge < -0.3 is 26.6 Å². The minimum atomic E-state index is -1.25. The fourth-order valence-corrected chi connectivity index (χ4v) is 1.13. The summed E-state index contributed by atoms with van der Waals surface area (Å²) in [5.41, 5.74) is 5.31. The molecule has 108 valence electrons. The van der Waals surface area contributed by atoms with Crippen LogP contribution in [-0.2, 0) is 19.2 Å². The van der Waals surface area contributed by atoms with Gasteiger partial charge in [0.1, 0.15) is 12.6 Å². The Kier molecular flexibility index (Phi) is 7.12. The van der Waals surface area contributed by atoms with Gasteiger partial charge in [0.25, 0.3) is 0 Å². The average molecular weight is 278 g/mol. The van der Waals surface area contributed by atoms with E-state index in [2.05, 4.69) is 10.6 Å². The van der Waals surface area contributed by atoms with Crippen molar-refractivity contribution in [3.63, 3.8) is 0 Å². The second-order valence-corrected chi connectivity index (χ2v) is 3.89. The van der Waals surface area contributed by atoms with Crippen LogP contribution in [0.5, 0.6) is 0 Å². The molecule has 2 atom stereocenters. The van der Waals surface area contributed by atoms with Gasteiger partial charge in [-0.2, -0.15) is 0 Å². The second kappa shape index (κ2) is 8.03. The van der Waals surface area contributed by atoms with Crippen LogP contribution < -0.4 is 16.4 Å².